The smallest absolute Gasteiger partial charge is 0.446 e. The van der Waals surface area contributed by atoms with Crippen LogP contribution in [0.3, 0.4) is 0 Å². The molecule has 2 rings (SSSR count). The highest BCUT2D eigenvalue weighted by Crippen LogP contribution is 2.24. The Morgan fingerprint density at radius 1 is 1.00 bits per heavy atom. The Hall–Kier alpha value is -1.79. The van der Waals surface area contributed by atoms with E-state index in [2.05, 4.69) is 4.18 Å². The Labute approximate surface area is 91.9 Å². The minimum absolute atomic E-state index is 0.0145. The van der Waals surface area contributed by atoms with Gasteiger partial charge in [0, 0.05) is 0 Å². The fourth-order valence-corrected chi connectivity index (χ4v) is 1.73. The molecule has 16 heavy (non-hydrogen) atoms. The van der Waals surface area contributed by atoms with Crippen molar-refractivity contribution in [3.05, 3.63) is 36.4 Å². The molecule has 0 unspecified atom stereocenters. The summed E-state index contributed by atoms with van der Waals surface area (Å²) < 4.78 is 33.8. The first-order valence-corrected chi connectivity index (χ1v) is 5.70. The van der Waals surface area contributed by atoms with E-state index in [9.17, 15) is 13.5 Å². The molecule has 6 heteroatoms. The van der Waals surface area contributed by atoms with Gasteiger partial charge in [0.15, 0.2) is 0 Å². The lowest BCUT2D eigenvalue weighted by molar-refractivity contribution is 0.387. The molecule has 0 aliphatic rings. The largest absolute Gasteiger partial charge is 0.508 e. The summed E-state index contributed by atoms with van der Waals surface area (Å²) in [5.41, 5.74) is 0. The SMILES string of the molecule is O=S(=O)(O)Oc1ccc2cc(O)ccc2c1. The number of hydrogen-bond acceptors (Lipinski definition) is 4. The van der Waals surface area contributed by atoms with Gasteiger partial charge in [-0.15, -0.1) is 0 Å². The first-order chi connectivity index (χ1) is 7.44. The topological polar surface area (TPSA) is 83.8 Å². The van der Waals surface area contributed by atoms with Gasteiger partial charge in [-0.2, -0.15) is 8.42 Å². The van der Waals surface area contributed by atoms with Crippen LogP contribution < -0.4 is 4.18 Å². The summed E-state index contributed by atoms with van der Waals surface area (Å²) in [5.74, 6) is 0.136. The van der Waals surface area contributed by atoms with E-state index in [1.165, 1.54) is 24.3 Å². The zero-order valence-corrected chi connectivity index (χ0v) is 8.81. The van der Waals surface area contributed by atoms with Gasteiger partial charge in [0.2, 0.25) is 0 Å². The summed E-state index contributed by atoms with van der Waals surface area (Å²) in [6.45, 7) is 0. The summed E-state index contributed by atoms with van der Waals surface area (Å²) in [6.07, 6.45) is 0. The van der Waals surface area contributed by atoms with Crippen molar-refractivity contribution in [1.29, 1.82) is 0 Å². The van der Waals surface area contributed by atoms with E-state index in [4.69, 9.17) is 4.55 Å². The average molecular weight is 240 g/mol. The number of benzene rings is 2. The molecule has 0 amide bonds. The highest BCUT2D eigenvalue weighted by molar-refractivity contribution is 7.81. The van der Waals surface area contributed by atoms with E-state index in [-0.39, 0.29) is 11.5 Å². The van der Waals surface area contributed by atoms with Gasteiger partial charge in [-0.25, -0.2) is 0 Å². The van der Waals surface area contributed by atoms with Gasteiger partial charge in [-0.1, -0.05) is 12.1 Å². The molecule has 0 saturated heterocycles. The molecule has 0 atom stereocenters. The second kappa shape index (κ2) is 3.66. The zero-order valence-electron chi connectivity index (χ0n) is 7.99. The zero-order chi connectivity index (χ0) is 11.8. The van der Waals surface area contributed by atoms with Gasteiger partial charge in [0.05, 0.1) is 0 Å². The Balaban J connectivity index is 2.49. The van der Waals surface area contributed by atoms with Crippen LogP contribution in [-0.4, -0.2) is 18.1 Å². The highest BCUT2D eigenvalue weighted by atomic mass is 32.3. The number of rotatable bonds is 2. The molecule has 0 aliphatic carbocycles. The van der Waals surface area contributed by atoms with Crippen molar-refractivity contribution in [2.75, 3.05) is 0 Å². The van der Waals surface area contributed by atoms with Crippen molar-refractivity contribution in [3.8, 4) is 11.5 Å². The van der Waals surface area contributed by atoms with Crippen LogP contribution in [0, 0.1) is 0 Å². The Kier molecular flexibility index (Phi) is 2.45. The van der Waals surface area contributed by atoms with E-state index >= 15 is 0 Å². The van der Waals surface area contributed by atoms with Gasteiger partial charge >= 0.3 is 10.4 Å². The van der Waals surface area contributed by atoms with E-state index in [1.807, 2.05) is 0 Å². The molecule has 0 radical (unpaired) electrons. The molecule has 0 bridgehead atoms. The molecule has 0 spiro atoms. The third-order valence-electron chi connectivity index (χ3n) is 2.00. The number of aromatic hydroxyl groups is 1. The minimum atomic E-state index is -4.50. The molecule has 2 aromatic carbocycles. The second-order valence-corrected chi connectivity index (χ2v) is 4.23. The van der Waals surface area contributed by atoms with Gasteiger partial charge in [0.25, 0.3) is 0 Å². The normalized spacial score (nSPS) is 11.6. The van der Waals surface area contributed by atoms with Crippen LogP contribution in [0.15, 0.2) is 36.4 Å². The predicted molar refractivity (Wildman–Crippen MR) is 57.8 cm³/mol. The third-order valence-corrected chi connectivity index (χ3v) is 2.40. The maximum absolute atomic E-state index is 10.5. The molecule has 2 aromatic rings. The molecule has 0 fully saturated rings. The number of phenols is 1. The van der Waals surface area contributed by atoms with Crippen LogP contribution in [0.4, 0.5) is 0 Å². The maximum atomic E-state index is 10.5. The Morgan fingerprint density at radius 2 is 1.62 bits per heavy atom. The molecule has 0 saturated carbocycles. The number of phenolic OH excluding ortho intramolecular Hbond substituents is 1. The molecule has 0 aliphatic heterocycles. The van der Waals surface area contributed by atoms with Crippen molar-refractivity contribution in [2.45, 2.75) is 0 Å². The number of hydrogen-bond donors (Lipinski definition) is 2. The molecule has 0 aromatic heterocycles. The minimum Gasteiger partial charge on any atom is -0.508 e. The molecule has 5 nitrogen and oxygen atoms in total. The standard InChI is InChI=1S/C10H8O5S/c11-9-3-1-8-6-10(15-16(12,13)14)4-2-7(8)5-9/h1-6,11H,(H,12,13,14). The Bertz CT molecular complexity index is 633. The molecule has 2 N–H and O–H groups in total. The average Bonchev–Trinajstić information content (AvgIpc) is 2.16. The molecule has 84 valence electrons. The third kappa shape index (κ3) is 2.41. The van der Waals surface area contributed by atoms with E-state index in [0.717, 1.165) is 5.39 Å². The fourth-order valence-electron chi connectivity index (χ4n) is 1.38. The fraction of sp³-hybridized carbons (Fsp3) is 0. The first kappa shape index (κ1) is 10.7. The van der Waals surface area contributed by atoms with Gasteiger partial charge < -0.3 is 9.29 Å². The number of fused-ring (bicyclic) bond motifs is 1. The van der Waals surface area contributed by atoms with Crippen molar-refractivity contribution >= 4 is 21.2 Å². The lowest BCUT2D eigenvalue weighted by Gasteiger charge is -2.03. The van der Waals surface area contributed by atoms with Crippen molar-refractivity contribution < 1.29 is 22.3 Å². The lowest BCUT2D eigenvalue weighted by atomic mass is 10.1. The molecular weight excluding hydrogens is 232 g/mol. The van der Waals surface area contributed by atoms with Crippen LogP contribution in [0.25, 0.3) is 10.8 Å². The monoisotopic (exact) mass is 240 g/mol. The van der Waals surface area contributed by atoms with E-state index in [1.54, 1.807) is 12.1 Å². The highest BCUT2D eigenvalue weighted by Gasteiger charge is 2.07. The maximum Gasteiger partial charge on any atom is 0.446 e. The van der Waals surface area contributed by atoms with Crippen LogP contribution in [-0.2, 0) is 10.4 Å². The molecular formula is C10H8O5S. The second-order valence-electron chi connectivity index (χ2n) is 3.20. The van der Waals surface area contributed by atoms with Crippen LogP contribution in [0.2, 0.25) is 0 Å². The quantitative estimate of drug-likeness (QED) is 0.781. The summed E-state index contributed by atoms with van der Waals surface area (Å²) in [6, 6.07) is 9.03. The lowest BCUT2D eigenvalue weighted by Crippen LogP contribution is -2.06. The predicted octanol–water partition coefficient (Wildman–Crippen LogP) is 1.73. The van der Waals surface area contributed by atoms with Gasteiger partial charge in [-0.3, -0.25) is 4.55 Å². The molecule has 0 heterocycles. The summed E-state index contributed by atoms with van der Waals surface area (Å²) in [4.78, 5) is 0. The summed E-state index contributed by atoms with van der Waals surface area (Å²) in [7, 11) is -4.50. The van der Waals surface area contributed by atoms with Gasteiger partial charge in [0.1, 0.15) is 11.5 Å². The van der Waals surface area contributed by atoms with Crippen LogP contribution in [0.1, 0.15) is 0 Å². The van der Waals surface area contributed by atoms with Crippen molar-refractivity contribution in [3.63, 3.8) is 0 Å². The van der Waals surface area contributed by atoms with Crippen molar-refractivity contribution in [1.82, 2.24) is 0 Å². The Morgan fingerprint density at radius 3 is 2.31 bits per heavy atom. The summed E-state index contributed by atoms with van der Waals surface area (Å²) >= 11 is 0. The van der Waals surface area contributed by atoms with Crippen LogP contribution in [0.5, 0.6) is 11.5 Å². The van der Waals surface area contributed by atoms with Gasteiger partial charge in [-0.05, 0) is 35.0 Å². The van der Waals surface area contributed by atoms with E-state index in [0.29, 0.717) is 5.39 Å². The van der Waals surface area contributed by atoms with E-state index < -0.39 is 10.4 Å². The van der Waals surface area contributed by atoms with Crippen LogP contribution >= 0.6 is 0 Å². The summed E-state index contributed by atoms with van der Waals surface area (Å²) in [5, 5.41) is 10.7. The van der Waals surface area contributed by atoms with Crippen molar-refractivity contribution in [2.24, 2.45) is 0 Å². The first-order valence-electron chi connectivity index (χ1n) is 4.34.